The monoisotopic (exact) mass is 408 g/mol. The second kappa shape index (κ2) is 7.94. The van der Waals surface area contributed by atoms with E-state index in [1.54, 1.807) is 73.0 Å². The van der Waals surface area contributed by atoms with Crippen LogP contribution in [0.1, 0.15) is 28.1 Å². The van der Waals surface area contributed by atoms with Gasteiger partial charge in [0.15, 0.2) is 0 Å². The van der Waals surface area contributed by atoms with Crippen LogP contribution in [0, 0.1) is 25.2 Å². The molecule has 7 heteroatoms. The van der Waals surface area contributed by atoms with E-state index in [4.69, 9.17) is 0 Å². The molecule has 1 N–H and O–H groups in total. The molecule has 2 aromatic carbocycles. The summed E-state index contributed by atoms with van der Waals surface area (Å²) in [7, 11) is -3.73. The third-order valence-corrected chi connectivity index (χ3v) is 6.87. The first-order valence-corrected chi connectivity index (χ1v) is 10.4. The molecular weight excluding hydrogens is 388 g/mol. The summed E-state index contributed by atoms with van der Waals surface area (Å²) in [5, 5.41) is 18.8. The van der Waals surface area contributed by atoms with Crippen LogP contribution in [0.3, 0.4) is 0 Å². The van der Waals surface area contributed by atoms with Gasteiger partial charge in [0.2, 0.25) is 9.84 Å². The van der Waals surface area contributed by atoms with E-state index < -0.39 is 15.8 Å². The number of benzene rings is 2. The van der Waals surface area contributed by atoms with Gasteiger partial charge in [0.25, 0.3) is 0 Å². The first-order chi connectivity index (χ1) is 13.8. The molecule has 29 heavy (non-hydrogen) atoms. The Hall–Kier alpha value is -3.37. The molecule has 1 heterocycles. The van der Waals surface area contributed by atoms with Gasteiger partial charge in [-0.25, -0.2) is 8.42 Å². The maximum Gasteiger partial charge on any atom is 0.323 e. The molecule has 0 aliphatic heterocycles. The lowest BCUT2D eigenvalue weighted by atomic mass is 10.0. The number of nitriles is 1. The number of hydrogen-bond donors (Lipinski definition) is 1. The summed E-state index contributed by atoms with van der Waals surface area (Å²) in [6, 6.07) is 17.0. The smallest absolute Gasteiger partial charge is 0.323 e. The van der Waals surface area contributed by atoms with Crippen LogP contribution in [0.4, 0.5) is 0 Å². The molecule has 0 unspecified atom stereocenters. The Balaban J connectivity index is 2.13. The maximum absolute atomic E-state index is 13.2. The molecule has 0 atom stereocenters. The van der Waals surface area contributed by atoms with Gasteiger partial charge >= 0.3 is 5.97 Å². The lowest BCUT2D eigenvalue weighted by Gasteiger charge is -2.11. The van der Waals surface area contributed by atoms with Crippen LogP contribution in [-0.4, -0.2) is 24.1 Å². The first kappa shape index (κ1) is 20.4. The average molecular weight is 408 g/mol. The van der Waals surface area contributed by atoms with Gasteiger partial charge in [0.1, 0.15) is 12.6 Å². The van der Waals surface area contributed by atoms with Gasteiger partial charge in [-0.1, -0.05) is 36.4 Å². The van der Waals surface area contributed by atoms with Crippen molar-refractivity contribution in [2.45, 2.75) is 36.6 Å². The van der Waals surface area contributed by atoms with Crippen molar-refractivity contribution >= 4 is 15.8 Å². The van der Waals surface area contributed by atoms with Crippen molar-refractivity contribution in [2.24, 2.45) is 0 Å². The van der Waals surface area contributed by atoms with Crippen molar-refractivity contribution < 1.29 is 18.3 Å². The zero-order valence-electron chi connectivity index (χ0n) is 16.1. The molecule has 0 aliphatic carbocycles. The molecule has 3 rings (SSSR count). The van der Waals surface area contributed by atoms with Gasteiger partial charge < -0.3 is 9.67 Å². The van der Waals surface area contributed by atoms with E-state index in [9.17, 15) is 23.6 Å². The van der Waals surface area contributed by atoms with Gasteiger partial charge in [-0.2, -0.15) is 5.26 Å². The van der Waals surface area contributed by atoms with E-state index in [0.717, 1.165) is 0 Å². The number of carboxylic acid groups (broad SMARTS) is 1. The first-order valence-electron chi connectivity index (χ1n) is 8.96. The molecule has 0 radical (unpaired) electrons. The average Bonchev–Trinajstić information content (AvgIpc) is 2.92. The molecular formula is C22H20N2O4S. The minimum Gasteiger partial charge on any atom is -0.480 e. The van der Waals surface area contributed by atoms with Gasteiger partial charge in [-0.05, 0) is 43.2 Å². The number of hydrogen-bond acceptors (Lipinski definition) is 4. The van der Waals surface area contributed by atoms with Crippen molar-refractivity contribution in [3.8, 4) is 6.07 Å². The molecule has 0 spiro atoms. The van der Waals surface area contributed by atoms with Crippen LogP contribution < -0.4 is 0 Å². The van der Waals surface area contributed by atoms with E-state index in [1.165, 1.54) is 0 Å². The third kappa shape index (κ3) is 3.80. The van der Waals surface area contributed by atoms with E-state index in [2.05, 4.69) is 6.07 Å². The highest BCUT2D eigenvalue weighted by molar-refractivity contribution is 7.91. The van der Waals surface area contributed by atoms with E-state index >= 15 is 0 Å². The fraction of sp³-hybridized carbons (Fsp3) is 0.182. The van der Waals surface area contributed by atoms with E-state index in [-0.39, 0.29) is 22.8 Å². The number of nitrogens with zero attached hydrogens (tertiary/aromatic N) is 2. The molecule has 0 bridgehead atoms. The second-order valence-corrected chi connectivity index (χ2v) is 8.64. The lowest BCUT2D eigenvalue weighted by Crippen LogP contribution is -2.12. The molecule has 0 saturated carbocycles. The van der Waals surface area contributed by atoms with Crippen LogP contribution in [0.15, 0.2) is 64.4 Å². The summed E-state index contributed by atoms with van der Waals surface area (Å²) in [6.45, 7) is 3.20. The summed E-state index contributed by atoms with van der Waals surface area (Å²) >= 11 is 0. The number of aliphatic carboxylic acids is 1. The SMILES string of the molecule is Cc1c(C#N)c(Cc2ccccc2S(=O)(=O)c2ccccc2)c(C)n1CC(=O)O. The molecule has 6 nitrogen and oxygen atoms in total. The van der Waals surface area contributed by atoms with E-state index in [1.807, 2.05) is 0 Å². The van der Waals surface area contributed by atoms with Gasteiger partial charge in [-0.15, -0.1) is 0 Å². The predicted molar refractivity (Wildman–Crippen MR) is 107 cm³/mol. The fourth-order valence-corrected chi connectivity index (χ4v) is 5.03. The van der Waals surface area contributed by atoms with Crippen LogP contribution in [0.25, 0.3) is 0 Å². The summed E-state index contributed by atoms with van der Waals surface area (Å²) in [6.07, 6.45) is 0.213. The molecule has 1 aromatic heterocycles. The molecule has 0 saturated heterocycles. The molecule has 3 aromatic rings. The van der Waals surface area contributed by atoms with E-state index in [0.29, 0.717) is 28.1 Å². The highest BCUT2D eigenvalue weighted by Crippen LogP contribution is 2.29. The Morgan fingerprint density at radius 2 is 1.66 bits per heavy atom. The predicted octanol–water partition coefficient (Wildman–Crippen LogP) is 3.48. The highest BCUT2D eigenvalue weighted by Gasteiger charge is 2.24. The number of aromatic nitrogens is 1. The van der Waals surface area contributed by atoms with Gasteiger partial charge in [-0.3, -0.25) is 4.79 Å². The molecule has 0 amide bonds. The standard InChI is InChI=1S/C22H20N2O4S/c1-15-19(20(13-23)16(2)24(15)14-22(25)26)12-17-8-6-7-11-21(17)29(27,28)18-9-4-3-5-10-18/h3-11H,12,14H2,1-2H3,(H,25,26). The van der Waals surface area contributed by atoms with Crippen molar-refractivity contribution in [1.29, 1.82) is 5.26 Å². The Labute approximate surface area is 169 Å². The summed E-state index contributed by atoms with van der Waals surface area (Å²) in [4.78, 5) is 11.6. The normalized spacial score (nSPS) is 11.2. The molecule has 0 fully saturated rings. The van der Waals surface area contributed by atoms with Crippen LogP contribution in [0.2, 0.25) is 0 Å². The summed E-state index contributed by atoms with van der Waals surface area (Å²) in [5.41, 5.74) is 2.79. The van der Waals surface area contributed by atoms with Crippen LogP contribution in [-0.2, 0) is 27.6 Å². The van der Waals surface area contributed by atoms with Crippen LogP contribution >= 0.6 is 0 Å². The second-order valence-electron chi connectivity index (χ2n) is 6.72. The van der Waals surface area contributed by atoms with Crippen molar-refractivity contribution in [3.63, 3.8) is 0 Å². The van der Waals surface area contributed by atoms with Crippen molar-refractivity contribution in [2.75, 3.05) is 0 Å². The maximum atomic E-state index is 13.2. The highest BCUT2D eigenvalue weighted by atomic mass is 32.2. The molecule has 148 valence electrons. The Bertz CT molecular complexity index is 1220. The molecule has 0 aliphatic rings. The minimum atomic E-state index is -3.73. The van der Waals surface area contributed by atoms with Crippen LogP contribution in [0.5, 0.6) is 0 Å². The van der Waals surface area contributed by atoms with Crippen molar-refractivity contribution in [3.05, 3.63) is 82.7 Å². The summed E-state index contributed by atoms with van der Waals surface area (Å²) in [5.74, 6) is -1.01. The number of sulfone groups is 1. The largest absolute Gasteiger partial charge is 0.480 e. The number of carboxylic acids is 1. The third-order valence-electron chi connectivity index (χ3n) is 5.00. The Morgan fingerprint density at radius 3 is 2.28 bits per heavy atom. The fourth-order valence-electron chi connectivity index (χ4n) is 3.51. The number of carbonyl (C=O) groups is 1. The zero-order chi connectivity index (χ0) is 21.2. The van der Waals surface area contributed by atoms with Crippen molar-refractivity contribution in [1.82, 2.24) is 4.57 Å². The lowest BCUT2D eigenvalue weighted by molar-refractivity contribution is -0.137. The quantitative estimate of drug-likeness (QED) is 0.673. The topological polar surface area (TPSA) is 100 Å². The summed E-state index contributed by atoms with van der Waals surface area (Å²) < 4.78 is 27.9. The van der Waals surface area contributed by atoms with Gasteiger partial charge in [0.05, 0.1) is 15.4 Å². The Kier molecular flexibility index (Phi) is 5.57. The zero-order valence-corrected chi connectivity index (χ0v) is 16.9. The van der Waals surface area contributed by atoms with Gasteiger partial charge in [0, 0.05) is 17.8 Å². The Morgan fingerprint density at radius 1 is 1.03 bits per heavy atom. The minimum absolute atomic E-state index is 0.179. The number of rotatable bonds is 6.